The van der Waals surface area contributed by atoms with Gasteiger partial charge in [0.25, 0.3) is 0 Å². The van der Waals surface area contributed by atoms with Crippen LogP contribution < -0.4 is 15.4 Å². The largest absolute Gasteiger partial charge is 0.506 e. The van der Waals surface area contributed by atoms with Crippen molar-refractivity contribution in [2.45, 2.75) is 44.8 Å². The molecule has 5 heteroatoms. The van der Waals surface area contributed by atoms with Gasteiger partial charge in [-0.25, -0.2) is 0 Å². The fraction of sp³-hybridized carbons (Fsp3) is 0.381. The molecular formula is C21H26N2O3. The summed E-state index contributed by atoms with van der Waals surface area (Å²) in [5.41, 5.74) is 1.43. The van der Waals surface area contributed by atoms with Gasteiger partial charge in [0.15, 0.2) is 0 Å². The normalized spacial score (nSPS) is 20.0. The second-order valence-electron chi connectivity index (χ2n) is 7.72. The SMILES string of the molecule is CC(C)(C)c1ccc(O)c(NC(=O)[C@@H]2C[C@H](Oc3ccccc3)CN2)c1. The number of phenolic OH excluding ortho intramolecular Hbond substituents is 1. The van der Waals surface area contributed by atoms with Gasteiger partial charge in [0.1, 0.15) is 17.6 Å². The lowest BCUT2D eigenvalue weighted by Gasteiger charge is -2.21. The Bertz CT molecular complexity index is 769. The molecule has 0 saturated carbocycles. The Labute approximate surface area is 154 Å². The monoisotopic (exact) mass is 354 g/mol. The van der Waals surface area contributed by atoms with Crippen LogP contribution in [0.15, 0.2) is 48.5 Å². The van der Waals surface area contributed by atoms with Crippen molar-refractivity contribution in [3.8, 4) is 11.5 Å². The molecule has 0 aromatic heterocycles. The Hall–Kier alpha value is -2.53. The molecule has 1 fully saturated rings. The van der Waals surface area contributed by atoms with Gasteiger partial charge < -0.3 is 20.5 Å². The number of carbonyl (C=O) groups is 1. The zero-order valence-corrected chi connectivity index (χ0v) is 15.5. The predicted molar refractivity (Wildman–Crippen MR) is 103 cm³/mol. The average Bonchev–Trinajstić information content (AvgIpc) is 3.05. The topological polar surface area (TPSA) is 70.6 Å². The van der Waals surface area contributed by atoms with E-state index in [-0.39, 0.29) is 29.2 Å². The summed E-state index contributed by atoms with van der Waals surface area (Å²) >= 11 is 0. The van der Waals surface area contributed by atoms with E-state index in [0.717, 1.165) is 11.3 Å². The number of aromatic hydroxyl groups is 1. The first kappa shape index (κ1) is 18.3. The van der Waals surface area contributed by atoms with Crippen molar-refractivity contribution in [3.05, 3.63) is 54.1 Å². The Kier molecular flexibility index (Phi) is 5.18. The molecule has 0 aliphatic carbocycles. The molecule has 138 valence electrons. The number of nitrogens with one attached hydrogen (secondary N) is 2. The first-order chi connectivity index (χ1) is 12.3. The van der Waals surface area contributed by atoms with Crippen LogP contribution in [0.4, 0.5) is 5.69 Å². The number of ether oxygens (including phenoxy) is 1. The van der Waals surface area contributed by atoms with E-state index in [4.69, 9.17) is 4.74 Å². The van der Waals surface area contributed by atoms with E-state index in [1.807, 2.05) is 42.5 Å². The summed E-state index contributed by atoms with van der Waals surface area (Å²) in [5.74, 6) is 0.711. The number of hydrogen-bond acceptors (Lipinski definition) is 4. The van der Waals surface area contributed by atoms with Crippen molar-refractivity contribution >= 4 is 11.6 Å². The molecule has 1 amide bonds. The maximum Gasteiger partial charge on any atom is 0.241 e. The van der Waals surface area contributed by atoms with E-state index in [9.17, 15) is 9.90 Å². The molecule has 2 aromatic carbocycles. The van der Waals surface area contributed by atoms with Crippen molar-refractivity contribution in [2.24, 2.45) is 0 Å². The molecule has 1 heterocycles. The average molecular weight is 354 g/mol. The van der Waals surface area contributed by atoms with E-state index in [1.165, 1.54) is 0 Å². The number of anilines is 1. The fourth-order valence-electron chi connectivity index (χ4n) is 3.01. The lowest BCUT2D eigenvalue weighted by molar-refractivity contribution is -0.117. The number of rotatable bonds is 4. The summed E-state index contributed by atoms with van der Waals surface area (Å²) in [5, 5.41) is 16.1. The van der Waals surface area contributed by atoms with Crippen molar-refractivity contribution in [1.82, 2.24) is 5.32 Å². The van der Waals surface area contributed by atoms with Crippen LogP contribution in [0.25, 0.3) is 0 Å². The Morgan fingerprint density at radius 2 is 1.92 bits per heavy atom. The molecule has 1 saturated heterocycles. The minimum Gasteiger partial charge on any atom is -0.506 e. The molecule has 0 bridgehead atoms. The lowest BCUT2D eigenvalue weighted by Crippen LogP contribution is -2.35. The van der Waals surface area contributed by atoms with Gasteiger partial charge in [-0.15, -0.1) is 0 Å². The summed E-state index contributed by atoms with van der Waals surface area (Å²) in [7, 11) is 0. The first-order valence-corrected chi connectivity index (χ1v) is 8.92. The lowest BCUT2D eigenvalue weighted by atomic mass is 9.87. The van der Waals surface area contributed by atoms with E-state index in [0.29, 0.717) is 18.7 Å². The molecule has 26 heavy (non-hydrogen) atoms. The van der Waals surface area contributed by atoms with Crippen molar-refractivity contribution in [2.75, 3.05) is 11.9 Å². The third-order valence-corrected chi connectivity index (χ3v) is 4.57. The van der Waals surface area contributed by atoms with Gasteiger partial charge in [0.05, 0.1) is 11.7 Å². The maximum absolute atomic E-state index is 12.6. The van der Waals surface area contributed by atoms with Gasteiger partial charge in [-0.05, 0) is 35.2 Å². The molecular weight excluding hydrogens is 328 g/mol. The molecule has 3 rings (SSSR count). The second-order valence-corrected chi connectivity index (χ2v) is 7.72. The van der Waals surface area contributed by atoms with Gasteiger partial charge in [-0.2, -0.15) is 0 Å². The summed E-state index contributed by atoms with van der Waals surface area (Å²) in [6.07, 6.45) is 0.531. The van der Waals surface area contributed by atoms with Crippen LogP contribution >= 0.6 is 0 Å². The van der Waals surface area contributed by atoms with E-state index in [1.54, 1.807) is 6.07 Å². The molecule has 0 unspecified atom stereocenters. The van der Waals surface area contributed by atoms with Crippen molar-refractivity contribution in [1.29, 1.82) is 0 Å². The molecule has 1 aliphatic heterocycles. The third-order valence-electron chi connectivity index (χ3n) is 4.57. The highest BCUT2D eigenvalue weighted by atomic mass is 16.5. The van der Waals surface area contributed by atoms with E-state index in [2.05, 4.69) is 31.4 Å². The van der Waals surface area contributed by atoms with Crippen LogP contribution in [0, 0.1) is 0 Å². The number of carbonyl (C=O) groups excluding carboxylic acids is 1. The smallest absolute Gasteiger partial charge is 0.241 e. The summed E-state index contributed by atoms with van der Waals surface area (Å²) < 4.78 is 5.90. The van der Waals surface area contributed by atoms with Gasteiger partial charge in [0, 0.05) is 13.0 Å². The van der Waals surface area contributed by atoms with Crippen LogP contribution in [-0.4, -0.2) is 29.7 Å². The summed E-state index contributed by atoms with van der Waals surface area (Å²) in [4.78, 5) is 12.6. The second kappa shape index (κ2) is 7.38. The maximum atomic E-state index is 12.6. The highest BCUT2D eigenvalue weighted by molar-refractivity contribution is 5.96. The Morgan fingerprint density at radius 1 is 1.19 bits per heavy atom. The van der Waals surface area contributed by atoms with Crippen molar-refractivity contribution < 1.29 is 14.6 Å². The zero-order valence-electron chi connectivity index (χ0n) is 15.5. The summed E-state index contributed by atoms with van der Waals surface area (Å²) in [6, 6.07) is 14.6. The van der Waals surface area contributed by atoms with Gasteiger partial charge in [-0.1, -0.05) is 45.0 Å². The first-order valence-electron chi connectivity index (χ1n) is 8.92. The Balaban J connectivity index is 1.62. The number of phenols is 1. The van der Waals surface area contributed by atoms with Crippen molar-refractivity contribution in [3.63, 3.8) is 0 Å². The van der Waals surface area contributed by atoms with E-state index >= 15 is 0 Å². The van der Waals surface area contributed by atoms with E-state index < -0.39 is 0 Å². The molecule has 1 aliphatic rings. The minimum absolute atomic E-state index is 0.0531. The number of amides is 1. The minimum atomic E-state index is -0.346. The predicted octanol–water partition coefficient (Wildman–Crippen LogP) is 3.44. The quantitative estimate of drug-likeness (QED) is 0.736. The summed E-state index contributed by atoms with van der Waals surface area (Å²) in [6.45, 7) is 6.89. The number of benzene rings is 2. The van der Waals surface area contributed by atoms with Gasteiger partial charge >= 0.3 is 0 Å². The highest BCUT2D eigenvalue weighted by Crippen LogP contribution is 2.31. The molecule has 0 radical (unpaired) electrons. The zero-order chi connectivity index (χ0) is 18.7. The molecule has 2 atom stereocenters. The molecule has 5 nitrogen and oxygen atoms in total. The van der Waals surface area contributed by atoms with Crippen LogP contribution in [0.3, 0.4) is 0 Å². The molecule has 2 aromatic rings. The van der Waals surface area contributed by atoms with Crippen LogP contribution in [0.2, 0.25) is 0 Å². The highest BCUT2D eigenvalue weighted by Gasteiger charge is 2.31. The molecule has 3 N–H and O–H groups in total. The number of hydrogen-bond donors (Lipinski definition) is 3. The van der Waals surface area contributed by atoms with Crippen LogP contribution in [0.1, 0.15) is 32.8 Å². The third kappa shape index (κ3) is 4.35. The number of para-hydroxylation sites is 1. The van der Waals surface area contributed by atoms with Gasteiger partial charge in [0.2, 0.25) is 5.91 Å². The van der Waals surface area contributed by atoms with Crippen LogP contribution in [-0.2, 0) is 10.2 Å². The Morgan fingerprint density at radius 3 is 2.62 bits per heavy atom. The van der Waals surface area contributed by atoms with Crippen LogP contribution in [0.5, 0.6) is 11.5 Å². The fourth-order valence-corrected chi connectivity index (χ4v) is 3.01. The molecule has 0 spiro atoms. The van der Waals surface area contributed by atoms with Gasteiger partial charge in [-0.3, -0.25) is 4.79 Å². The standard InChI is InChI=1S/C21H26N2O3/c1-21(2,3)14-9-10-19(24)17(11-14)23-20(25)18-12-16(13-22-18)26-15-7-5-4-6-8-15/h4-11,16,18,22,24H,12-13H2,1-3H3,(H,23,25)/t16-,18-/m0/s1.